The fourth-order valence-corrected chi connectivity index (χ4v) is 0.639. The van der Waals surface area contributed by atoms with Gasteiger partial charge in [0, 0.05) is 0 Å². The first-order valence-electron chi connectivity index (χ1n) is 2.12. The van der Waals surface area contributed by atoms with Crippen molar-refractivity contribution in [2.45, 2.75) is 5.03 Å². The van der Waals surface area contributed by atoms with E-state index < -0.39 is 0 Å². The molecule has 50 valence electrons. The fourth-order valence-electron chi connectivity index (χ4n) is 0.427. The van der Waals surface area contributed by atoms with Crippen LogP contribution in [0.5, 0.6) is 0 Å². The third kappa shape index (κ3) is 1.15. The first-order chi connectivity index (χ1) is 4.22. The summed E-state index contributed by atoms with van der Waals surface area (Å²) in [6.07, 6.45) is 1.30. The van der Waals surface area contributed by atoms with Crippen LogP contribution >= 0.6 is 12.6 Å². The summed E-state index contributed by atoms with van der Waals surface area (Å²) in [7, 11) is 0. The van der Waals surface area contributed by atoms with Crippen molar-refractivity contribution in [1.29, 1.82) is 0 Å². The summed E-state index contributed by atoms with van der Waals surface area (Å²) in [4.78, 5) is 6.03. The summed E-state index contributed by atoms with van der Waals surface area (Å²) >= 11 is 3.78. The molecule has 0 spiro atoms. The standard InChI is InChI=1S/C3H5N3O2S/c7-6(8)2-3(9)5-1-4-2/h1,7-9H,(H,4,5). The summed E-state index contributed by atoms with van der Waals surface area (Å²) in [5, 5.41) is 16.9. The Labute approximate surface area is 56.3 Å². The number of hydrogen-bond acceptors (Lipinski definition) is 5. The molecule has 5 nitrogen and oxygen atoms in total. The summed E-state index contributed by atoms with van der Waals surface area (Å²) in [5.41, 5.74) is 0. The van der Waals surface area contributed by atoms with Crippen molar-refractivity contribution in [1.82, 2.24) is 9.97 Å². The van der Waals surface area contributed by atoms with Crippen LogP contribution in [0.2, 0.25) is 0 Å². The maximum Gasteiger partial charge on any atom is 0.194 e. The van der Waals surface area contributed by atoms with Crippen LogP contribution < -0.4 is 5.23 Å². The SMILES string of the molecule is ON(O)c1[nH]cnc1S. The van der Waals surface area contributed by atoms with E-state index in [2.05, 4.69) is 22.6 Å². The molecule has 0 bridgehead atoms. The van der Waals surface area contributed by atoms with Gasteiger partial charge in [-0.3, -0.25) is 10.4 Å². The normalized spacial score (nSPS) is 9.67. The Bertz CT molecular complexity index is 199. The largest absolute Gasteiger partial charge is 0.327 e. The van der Waals surface area contributed by atoms with E-state index in [-0.39, 0.29) is 16.1 Å². The molecule has 0 radical (unpaired) electrons. The highest BCUT2D eigenvalue weighted by atomic mass is 32.1. The van der Waals surface area contributed by atoms with E-state index >= 15 is 0 Å². The van der Waals surface area contributed by atoms with Gasteiger partial charge in [-0.25, -0.2) is 4.98 Å². The highest BCUT2D eigenvalue weighted by molar-refractivity contribution is 7.80. The van der Waals surface area contributed by atoms with Crippen molar-refractivity contribution in [3.63, 3.8) is 0 Å². The van der Waals surface area contributed by atoms with Crippen molar-refractivity contribution in [3.8, 4) is 0 Å². The summed E-state index contributed by atoms with van der Waals surface area (Å²) in [5.74, 6) is 0.0540. The Morgan fingerprint density at radius 1 is 1.67 bits per heavy atom. The van der Waals surface area contributed by atoms with Gasteiger partial charge < -0.3 is 4.98 Å². The number of anilines is 1. The second kappa shape index (κ2) is 2.26. The van der Waals surface area contributed by atoms with Gasteiger partial charge >= 0.3 is 0 Å². The van der Waals surface area contributed by atoms with Crippen LogP contribution in [0, 0.1) is 0 Å². The topological polar surface area (TPSA) is 72.4 Å². The highest BCUT2D eigenvalue weighted by Crippen LogP contribution is 2.14. The van der Waals surface area contributed by atoms with Crippen LogP contribution in [0.15, 0.2) is 11.4 Å². The monoisotopic (exact) mass is 147 g/mol. The average Bonchev–Trinajstić information content (AvgIpc) is 2.13. The molecular weight excluding hydrogens is 142 g/mol. The third-order valence-electron chi connectivity index (χ3n) is 0.800. The maximum absolute atomic E-state index is 8.36. The minimum Gasteiger partial charge on any atom is -0.327 e. The van der Waals surface area contributed by atoms with E-state index in [1.54, 1.807) is 0 Å². The van der Waals surface area contributed by atoms with Gasteiger partial charge in [-0.05, 0) is 0 Å². The molecular formula is C3H5N3O2S. The molecule has 1 heterocycles. The average molecular weight is 147 g/mol. The van der Waals surface area contributed by atoms with Crippen molar-refractivity contribution < 1.29 is 10.4 Å². The molecule has 0 saturated carbocycles. The van der Waals surface area contributed by atoms with Gasteiger partial charge in [-0.15, -0.1) is 17.9 Å². The zero-order valence-corrected chi connectivity index (χ0v) is 5.21. The van der Waals surface area contributed by atoms with Crippen molar-refractivity contribution >= 4 is 18.4 Å². The summed E-state index contributed by atoms with van der Waals surface area (Å²) in [6.45, 7) is 0. The van der Waals surface area contributed by atoms with E-state index in [0.717, 1.165) is 0 Å². The smallest absolute Gasteiger partial charge is 0.194 e. The highest BCUT2D eigenvalue weighted by Gasteiger charge is 2.04. The maximum atomic E-state index is 8.36. The molecule has 0 aromatic carbocycles. The van der Waals surface area contributed by atoms with Crippen molar-refractivity contribution in [2.75, 3.05) is 5.23 Å². The minimum atomic E-state index is -0.0741. The van der Waals surface area contributed by atoms with Gasteiger partial charge in [0.1, 0.15) is 5.03 Å². The van der Waals surface area contributed by atoms with Crippen LogP contribution in [0.4, 0.5) is 5.82 Å². The zero-order valence-electron chi connectivity index (χ0n) is 4.31. The quantitative estimate of drug-likeness (QED) is 0.340. The molecule has 0 amide bonds. The second-order valence-electron chi connectivity index (χ2n) is 1.36. The molecule has 1 rings (SSSR count). The van der Waals surface area contributed by atoms with Crippen LogP contribution in [0.3, 0.4) is 0 Å². The van der Waals surface area contributed by atoms with Crippen molar-refractivity contribution in [3.05, 3.63) is 6.33 Å². The third-order valence-corrected chi connectivity index (χ3v) is 1.13. The number of aromatic nitrogens is 2. The van der Waals surface area contributed by atoms with Gasteiger partial charge in [0.25, 0.3) is 0 Å². The molecule has 9 heavy (non-hydrogen) atoms. The molecule has 0 atom stereocenters. The van der Waals surface area contributed by atoms with Gasteiger partial charge in [-0.1, -0.05) is 0 Å². The van der Waals surface area contributed by atoms with Crippen molar-refractivity contribution in [2.24, 2.45) is 0 Å². The Kier molecular flexibility index (Phi) is 1.60. The van der Waals surface area contributed by atoms with Crippen LogP contribution in [0.25, 0.3) is 0 Å². The Hall–Kier alpha value is -0.720. The molecule has 1 aromatic rings. The molecule has 0 saturated heterocycles. The molecule has 0 aliphatic heterocycles. The summed E-state index contributed by atoms with van der Waals surface area (Å²) < 4.78 is 0. The molecule has 1 aromatic heterocycles. The predicted octanol–water partition coefficient (Wildman–Crippen LogP) is 0.283. The number of H-pyrrole nitrogens is 1. The number of nitrogens with zero attached hydrogens (tertiary/aromatic N) is 2. The molecule has 0 unspecified atom stereocenters. The molecule has 0 aliphatic rings. The lowest BCUT2D eigenvalue weighted by atomic mass is 10.8. The Morgan fingerprint density at radius 2 is 2.33 bits per heavy atom. The van der Waals surface area contributed by atoms with Gasteiger partial charge in [-0.2, -0.15) is 0 Å². The number of hydrogen-bond donors (Lipinski definition) is 4. The first-order valence-corrected chi connectivity index (χ1v) is 2.56. The Balaban J connectivity index is 2.94. The van der Waals surface area contributed by atoms with E-state index in [9.17, 15) is 0 Å². The predicted molar refractivity (Wildman–Crippen MR) is 31.9 cm³/mol. The van der Waals surface area contributed by atoms with Crippen LogP contribution in [0.1, 0.15) is 0 Å². The lowest BCUT2D eigenvalue weighted by Crippen LogP contribution is -2.11. The lowest BCUT2D eigenvalue weighted by molar-refractivity contribution is 0.0255. The van der Waals surface area contributed by atoms with Gasteiger partial charge in [0.2, 0.25) is 0 Å². The van der Waals surface area contributed by atoms with Gasteiger partial charge in [0.05, 0.1) is 6.33 Å². The number of nitrogens with one attached hydrogen (secondary N) is 1. The van der Waals surface area contributed by atoms with E-state index in [4.69, 9.17) is 10.4 Å². The Morgan fingerprint density at radius 3 is 2.56 bits per heavy atom. The number of thiol groups is 1. The van der Waals surface area contributed by atoms with Crippen LogP contribution in [-0.2, 0) is 0 Å². The summed E-state index contributed by atoms with van der Waals surface area (Å²) in [6, 6.07) is 0. The molecule has 3 N–H and O–H groups in total. The molecule has 0 aliphatic carbocycles. The van der Waals surface area contributed by atoms with E-state index in [1.807, 2.05) is 0 Å². The molecule has 6 heteroatoms. The fraction of sp³-hybridized carbons (Fsp3) is 0. The lowest BCUT2D eigenvalue weighted by Gasteiger charge is -2.02. The first kappa shape index (κ1) is 6.40. The minimum absolute atomic E-state index is 0.0540. The van der Waals surface area contributed by atoms with E-state index in [1.165, 1.54) is 6.33 Å². The van der Waals surface area contributed by atoms with Gasteiger partial charge in [0.15, 0.2) is 5.82 Å². The number of aromatic amines is 1. The zero-order chi connectivity index (χ0) is 6.85. The van der Waals surface area contributed by atoms with Crippen LogP contribution in [-0.4, -0.2) is 20.4 Å². The molecule has 0 fully saturated rings. The van der Waals surface area contributed by atoms with E-state index in [0.29, 0.717) is 0 Å². The number of rotatable bonds is 1. The number of imidazole rings is 1. The second-order valence-corrected chi connectivity index (χ2v) is 1.79.